The third-order valence-electron chi connectivity index (χ3n) is 1.88. The SMILES string of the molecule is FC(F)(F)Oc1c(C(F)(F)F)cc(Cl)cc1C(F)(F)F. The van der Waals surface area contributed by atoms with Crippen molar-refractivity contribution < 1.29 is 44.3 Å². The number of ether oxygens (including phenoxy) is 1. The van der Waals surface area contributed by atoms with Crippen molar-refractivity contribution in [2.45, 2.75) is 18.7 Å². The van der Waals surface area contributed by atoms with Gasteiger partial charge in [0.05, 0.1) is 11.1 Å². The third-order valence-corrected chi connectivity index (χ3v) is 2.10. The largest absolute Gasteiger partial charge is 0.573 e. The van der Waals surface area contributed by atoms with Gasteiger partial charge in [-0.1, -0.05) is 11.6 Å². The molecule has 114 valence electrons. The van der Waals surface area contributed by atoms with Crippen molar-refractivity contribution in [2.75, 3.05) is 0 Å². The van der Waals surface area contributed by atoms with E-state index in [1.807, 2.05) is 0 Å². The van der Waals surface area contributed by atoms with E-state index in [1.54, 1.807) is 0 Å². The monoisotopic (exact) mass is 332 g/mol. The van der Waals surface area contributed by atoms with Gasteiger partial charge in [0.25, 0.3) is 0 Å². The lowest BCUT2D eigenvalue weighted by Gasteiger charge is -2.20. The molecule has 1 nitrogen and oxygen atoms in total. The average Bonchev–Trinajstić information content (AvgIpc) is 2.14. The van der Waals surface area contributed by atoms with E-state index in [9.17, 15) is 39.5 Å². The summed E-state index contributed by atoms with van der Waals surface area (Å²) in [5, 5.41) is -1.03. The zero-order chi connectivity index (χ0) is 15.9. The van der Waals surface area contributed by atoms with Crippen molar-refractivity contribution in [1.29, 1.82) is 0 Å². The summed E-state index contributed by atoms with van der Waals surface area (Å²) in [7, 11) is 0. The Labute approximate surface area is 109 Å². The van der Waals surface area contributed by atoms with Crippen molar-refractivity contribution in [3.63, 3.8) is 0 Å². The van der Waals surface area contributed by atoms with Gasteiger partial charge in [-0.05, 0) is 12.1 Å². The van der Waals surface area contributed by atoms with Gasteiger partial charge in [-0.2, -0.15) is 26.3 Å². The fourth-order valence-corrected chi connectivity index (χ4v) is 1.46. The second kappa shape index (κ2) is 4.90. The minimum atomic E-state index is -5.73. The van der Waals surface area contributed by atoms with Crippen LogP contribution in [0.2, 0.25) is 5.02 Å². The molecule has 20 heavy (non-hydrogen) atoms. The summed E-state index contributed by atoms with van der Waals surface area (Å²) in [5.74, 6) is -2.39. The van der Waals surface area contributed by atoms with Crippen LogP contribution in [-0.4, -0.2) is 6.36 Å². The third kappa shape index (κ3) is 4.09. The second-order valence-electron chi connectivity index (χ2n) is 3.37. The summed E-state index contributed by atoms with van der Waals surface area (Å²) < 4.78 is 114. The van der Waals surface area contributed by atoms with Crippen molar-refractivity contribution in [1.82, 2.24) is 0 Å². The standard InChI is InChI=1S/C9H2ClF9O/c10-3-1-4(7(11,12)13)6(20-9(17,18)19)5(2-3)8(14,15)16/h1-2H. The Hall–Kier alpha value is -1.32. The van der Waals surface area contributed by atoms with E-state index in [0.717, 1.165) is 0 Å². The van der Waals surface area contributed by atoms with Gasteiger partial charge in [0, 0.05) is 5.02 Å². The molecule has 1 aromatic carbocycles. The molecule has 0 unspecified atom stereocenters. The number of halogens is 10. The van der Waals surface area contributed by atoms with E-state index in [1.165, 1.54) is 0 Å². The predicted molar refractivity (Wildman–Crippen MR) is 48.1 cm³/mol. The van der Waals surface area contributed by atoms with Crippen LogP contribution in [0.3, 0.4) is 0 Å². The molecule has 11 heteroatoms. The van der Waals surface area contributed by atoms with Crippen LogP contribution in [0.15, 0.2) is 12.1 Å². The molecule has 0 atom stereocenters. The van der Waals surface area contributed by atoms with Crippen LogP contribution in [0.25, 0.3) is 0 Å². The Morgan fingerprint density at radius 1 is 0.750 bits per heavy atom. The van der Waals surface area contributed by atoms with Crippen LogP contribution in [0, 0.1) is 0 Å². The molecule has 0 N–H and O–H groups in total. The van der Waals surface area contributed by atoms with E-state index in [2.05, 4.69) is 4.74 Å². The first-order valence-corrected chi connectivity index (χ1v) is 4.83. The molecular formula is C9H2ClF9O. The van der Waals surface area contributed by atoms with Gasteiger partial charge in [-0.15, -0.1) is 13.2 Å². The molecule has 0 aromatic heterocycles. The van der Waals surface area contributed by atoms with Crippen molar-refractivity contribution in [3.05, 3.63) is 28.3 Å². The van der Waals surface area contributed by atoms with Gasteiger partial charge in [0.1, 0.15) is 0 Å². The highest BCUT2D eigenvalue weighted by atomic mass is 35.5. The van der Waals surface area contributed by atoms with Crippen LogP contribution < -0.4 is 4.74 Å². The maximum Gasteiger partial charge on any atom is 0.573 e. The van der Waals surface area contributed by atoms with E-state index >= 15 is 0 Å². The molecule has 0 aliphatic carbocycles. The molecule has 0 amide bonds. The molecule has 0 bridgehead atoms. The van der Waals surface area contributed by atoms with Crippen LogP contribution >= 0.6 is 11.6 Å². The van der Waals surface area contributed by atoms with Gasteiger partial charge in [0.2, 0.25) is 0 Å². The van der Waals surface area contributed by atoms with Crippen molar-refractivity contribution in [2.24, 2.45) is 0 Å². The fourth-order valence-electron chi connectivity index (χ4n) is 1.24. The Morgan fingerprint density at radius 2 is 1.10 bits per heavy atom. The van der Waals surface area contributed by atoms with Crippen molar-refractivity contribution >= 4 is 11.6 Å². The summed E-state index contributed by atoms with van der Waals surface area (Å²) in [6.07, 6.45) is -16.7. The van der Waals surface area contributed by atoms with Crippen LogP contribution in [-0.2, 0) is 12.4 Å². The number of alkyl halides is 9. The molecule has 0 radical (unpaired) electrons. The molecule has 0 saturated carbocycles. The summed E-state index contributed by atoms with van der Waals surface area (Å²) in [6.45, 7) is 0. The number of rotatable bonds is 1. The second-order valence-corrected chi connectivity index (χ2v) is 3.81. The molecule has 0 fully saturated rings. The maximum absolute atomic E-state index is 12.5. The first kappa shape index (κ1) is 16.7. The topological polar surface area (TPSA) is 9.23 Å². The Kier molecular flexibility index (Phi) is 4.10. The minimum absolute atomic E-state index is 0.0854. The van der Waals surface area contributed by atoms with E-state index in [4.69, 9.17) is 11.6 Å². The van der Waals surface area contributed by atoms with Gasteiger partial charge in [-0.3, -0.25) is 0 Å². The lowest BCUT2D eigenvalue weighted by molar-refractivity contribution is -0.278. The highest BCUT2D eigenvalue weighted by Crippen LogP contribution is 2.47. The van der Waals surface area contributed by atoms with Crippen LogP contribution in [0.4, 0.5) is 39.5 Å². The Bertz CT molecular complexity index is 465. The fraction of sp³-hybridized carbons (Fsp3) is 0.333. The number of benzene rings is 1. The summed E-state index contributed by atoms with van der Waals surface area (Å²) in [4.78, 5) is 0. The lowest BCUT2D eigenvalue weighted by atomic mass is 10.1. The van der Waals surface area contributed by atoms with E-state index in [0.29, 0.717) is 0 Å². The zero-order valence-corrected chi connectivity index (χ0v) is 9.60. The zero-order valence-electron chi connectivity index (χ0n) is 8.84. The molecule has 1 rings (SSSR count). The first-order chi connectivity index (χ1) is 8.72. The highest BCUT2D eigenvalue weighted by molar-refractivity contribution is 6.30. The lowest BCUT2D eigenvalue weighted by Crippen LogP contribution is -2.23. The van der Waals surface area contributed by atoms with Gasteiger partial charge in [-0.25, -0.2) is 0 Å². The number of hydrogen-bond donors (Lipinski definition) is 0. The van der Waals surface area contributed by atoms with E-state index in [-0.39, 0.29) is 12.1 Å². The molecule has 0 aliphatic heterocycles. The molecule has 0 heterocycles. The molecule has 1 aromatic rings. The molecule has 0 spiro atoms. The first-order valence-electron chi connectivity index (χ1n) is 4.45. The van der Waals surface area contributed by atoms with Crippen molar-refractivity contribution in [3.8, 4) is 5.75 Å². The van der Waals surface area contributed by atoms with Crippen LogP contribution in [0.1, 0.15) is 11.1 Å². The number of hydrogen-bond acceptors (Lipinski definition) is 1. The normalized spacial score (nSPS) is 13.5. The molecular weight excluding hydrogens is 331 g/mol. The summed E-state index contributed by atoms with van der Waals surface area (Å²) in [5.41, 5.74) is -4.54. The summed E-state index contributed by atoms with van der Waals surface area (Å²) >= 11 is 5.07. The smallest absolute Gasteiger partial charge is 0.404 e. The Balaban J connectivity index is 3.63. The molecule has 0 saturated heterocycles. The highest BCUT2D eigenvalue weighted by Gasteiger charge is 2.46. The minimum Gasteiger partial charge on any atom is -0.404 e. The molecule has 0 aliphatic rings. The predicted octanol–water partition coefficient (Wildman–Crippen LogP) is 5.28. The Morgan fingerprint density at radius 3 is 1.35 bits per heavy atom. The van der Waals surface area contributed by atoms with E-state index < -0.39 is 40.6 Å². The quantitative estimate of drug-likeness (QED) is 0.636. The maximum atomic E-state index is 12.5. The van der Waals surface area contributed by atoms with Gasteiger partial charge in [0.15, 0.2) is 5.75 Å². The van der Waals surface area contributed by atoms with Gasteiger partial charge >= 0.3 is 18.7 Å². The summed E-state index contributed by atoms with van der Waals surface area (Å²) in [6, 6.07) is -0.171. The van der Waals surface area contributed by atoms with Crippen LogP contribution in [0.5, 0.6) is 5.75 Å². The van der Waals surface area contributed by atoms with Gasteiger partial charge < -0.3 is 4.74 Å². The average molecular weight is 333 g/mol.